The summed E-state index contributed by atoms with van der Waals surface area (Å²) in [5.74, 6) is 0.500. The number of rotatable bonds is 4. The van der Waals surface area contributed by atoms with Crippen LogP contribution >= 0.6 is 11.6 Å². The molecule has 21 heavy (non-hydrogen) atoms. The molecular formula is C15H15ClN2O3. The molecule has 0 saturated heterocycles. The molecule has 110 valence electrons. The van der Waals surface area contributed by atoms with Gasteiger partial charge in [0.15, 0.2) is 0 Å². The zero-order valence-electron chi connectivity index (χ0n) is 11.6. The number of hydrogen-bond acceptors (Lipinski definition) is 4. The molecule has 1 amide bonds. The van der Waals surface area contributed by atoms with E-state index in [1.807, 2.05) is 0 Å². The number of amides is 1. The molecule has 0 aromatic heterocycles. The number of ether oxygens (including phenoxy) is 2. The summed E-state index contributed by atoms with van der Waals surface area (Å²) < 4.78 is 10.4. The number of nitrogens with two attached hydrogens (primary N) is 1. The molecule has 0 aliphatic heterocycles. The molecule has 2 aromatic carbocycles. The summed E-state index contributed by atoms with van der Waals surface area (Å²) in [5, 5.41) is 3.21. The van der Waals surface area contributed by atoms with E-state index in [0.29, 0.717) is 27.9 Å². The van der Waals surface area contributed by atoms with E-state index in [2.05, 4.69) is 5.32 Å². The van der Waals surface area contributed by atoms with Crippen molar-refractivity contribution in [3.63, 3.8) is 0 Å². The molecule has 5 nitrogen and oxygen atoms in total. The largest absolute Gasteiger partial charge is 0.496 e. The fourth-order valence-electron chi connectivity index (χ4n) is 1.92. The molecule has 6 heteroatoms. The molecule has 0 atom stereocenters. The Morgan fingerprint density at radius 1 is 1.14 bits per heavy atom. The van der Waals surface area contributed by atoms with E-state index in [1.54, 1.807) is 36.4 Å². The van der Waals surface area contributed by atoms with E-state index in [-0.39, 0.29) is 5.56 Å². The van der Waals surface area contributed by atoms with Gasteiger partial charge in [-0.3, -0.25) is 4.79 Å². The van der Waals surface area contributed by atoms with Crippen LogP contribution in [-0.2, 0) is 0 Å². The molecule has 0 fully saturated rings. The smallest absolute Gasteiger partial charge is 0.261 e. The maximum atomic E-state index is 12.4. The Bertz CT molecular complexity index is 674. The lowest BCUT2D eigenvalue weighted by molar-refractivity contribution is 0.102. The average molecular weight is 307 g/mol. The van der Waals surface area contributed by atoms with E-state index >= 15 is 0 Å². The summed E-state index contributed by atoms with van der Waals surface area (Å²) in [4.78, 5) is 12.4. The molecule has 0 spiro atoms. The van der Waals surface area contributed by atoms with Crippen LogP contribution in [0.25, 0.3) is 0 Å². The Morgan fingerprint density at radius 2 is 1.86 bits per heavy atom. The number of methoxy groups -OCH3 is 2. The number of hydrogen-bond donors (Lipinski definition) is 2. The lowest BCUT2D eigenvalue weighted by Crippen LogP contribution is -2.16. The van der Waals surface area contributed by atoms with Gasteiger partial charge in [-0.15, -0.1) is 0 Å². The first-order valence-electron chi connectivity index (χ1n) is 6.14. The maximum Gasteiger partial charge on any atom is 0.261 e. The Morgan fingerprint density at radius 3 is 2.52 bits per heavy atom. The number of anilines is 2. The molecule has 0 aliphatic rings. The molecule has 2 rings (SSSR count). The van der Waals surface area contributed by atoms with E-state index in [1.165, 1.54) is 14.2 Å². The highest BCUT2D eigenvalue weighted by Gasteiger charge is 2.17. The van der Waals surface area contributed by atoms with Crippen LogP contribution in [0.5, 0.6) is 11.5 Å². The highest BCUT2D eigenvalue weighted by atomic mass is 35.5. The van der Waals surface area contributed by atoms with Crippen molar-refractivity contribution in [3.05, 3.63) is 47.0 Å². The van der Waals surface area contributed by atoms with Crippen molar-refractivity contribution in [1.29, 1.82) is 0 Å². The highest BCUT2D eigenvalue weighted by molar-refractivity contribution is 6.31. The third-order valence-corrected chi connectivity index (χ3v) is 3.15. The first-order valence-corrected chi connectivity index (χ1v) is 6.52. The van der Waals surface area contributed by atoms with Gasteiger partial charge in [-0.1, -0.05) is 17.7 Å². The van der Waals surface area contributed by atoms with Gasteiger partial charge < -0.3 is 20.5 Å². The summed E-state index contributed by atoms with van der Waals surface area (Å²) in [5.41, 5.74) is 6.90. The van der Waals surface area contributed by atoms with Crippen LogP contribution < -0.4 is 20.5 Å². The minimum atomic E-state index is -0.398. The number of carbonyl (C=O) groups excluding carboxylic acids is 1. The Balaban J connectivity index is 2.37. The van der Waals surface area contributed by atoms with Gasteiger partial charge in [0.1, 0.15) is 17.1 Å². The van der Waals surface area contributed by atoms with Crippen LogP contribution in [0.3, 0.4) is 0 Å². The van der Waals surface area contributed by atoms with Gasteiger partial charge in [-0.05, 0) is 30.3 Å². The molecule has 0 aliphatic carbocycles. The van der Waals surface area contributed by atoms with Crippen molar-refractivity contribution in [3.8, 4) is 11.5 Å². The van der Waals surface area contributed by atoms with Crippen molar-refractivity contribution >= 4 is 28.9 Å². The zero-order chi connectivity index (χ0) is 15.4. The van der Waals surface area contributed by atoms with Gasteiger partial charge >= 0.3 is 0 Å². The van der Waals surface area contributed by atoms with Gasteiger partial charge in [0.05, 0.1) is 19.9 Å². The fourth-order valence-corrected chi connectivity index (χ4v) is 2.10. The number of nitrogen functional groups attached to an aromatic ring is 1. The second-order valence-corrected chi connectivity index (χ2v) is 4.66. The lowest BCUT2D eigenvalue weighted by Gasteiger charge is -2.13. The van der Waals surface area contributed by atoms with Crippen LogP contribution in [0.2, 0.25) is 5.02 Å². The monoisotopic (exact) mass is 306 g/mol. The van der Waals surface area contributed by atoms with Crippen LogP contribution in [0, 0.1) is 0 Å². The van der Waals surface area contributed by atoms with E-state index in [0.717, 1.165) is 0 Å². The third-order valence-electron chi connectivity index (χ3n) is 2.92. The van der Waals surface area contributed by atoms with Crippen LogP contribution in [-0.4, -0.2) is 20.1 Å². The first-order chi connectivity index (χ1) is 10.1. The van der Waals surface area contributed by atoms with Crippen molar-refractivity contribution < 1.29 is 14.3 Å². The Kier molecular flexibility index (Phi) is 4.55. The quantitative estimate of drug-likeness (QED) is 0.851. The van der Waals surface area contributed by atoms with Crippen LogP contribution in [0.1, 0.15) is 10.4 Å². The van der Waals surface area contributed by atoms with Crippen molar-refractivity contribution in [2.45, 2.75) is 0 Å². The number of nitrogens with one attached hydrogen (secondary N) is 1. The minimum Gasteiger partial charge on any atom is -0.496 e. The summed E-state index contributed by atoms with van der Waals surface area (Å²) in [7, 11) is 2.99. The van der Waals surface area contributed by atoms with Crippen molar-refractivity contribution in [2.75, 3.05) is 25.3 Å². The normalized spacial score (nSPS) is 10.0. The summed E-state index contributed by atoms with van der Waals surface area (Å²) >= 11 is 5.94. The van der Waals surface area contributed by atoms with E-state index < -0.39 is 5.91 Å². The van der Waals surface area contributed by atoms with Gasteiger partial charge in [0.2, 0.25) is 0 Å². The minimum absolute atomic E-state index is 0.266. The molecule has 0 unspecified atom stereocenters. The topological polar surface area (TPSA) is 73.6 Å². The zero-order valence-corrected chi connectivity index (χ0v) is 12.4. The van der Waals surface area contributed by atoms with Crippen molar-refractivity contribution in [2.24, 2.45) is 0 Å². The molecular weight excluding hydrogens is 292 g/mol. The Hall–Kier alpha value is -2.40. The lowest BCUT2D eigenvalue weighted by atomic mass is 10.1. The van der Waals surface area contributed by atoms with Gasteiger partial charge in [0, 0.05) is 10.7 Å². The summed E-state index contributed by atoms with van der Waals surface area (Å²) in [6, 6.07) is 9.96. The van der Waals surface area contributed by atoms with E-state index in [4.69, 9.17) is 26.8 Å². The predicted molar refractivity (Wildman–Crippen MR) is 83.4 cm³/mol. The standard InChI is InChI=1S/C15H15ClN2O3/c1-20-12-7-6-9(16)8-11(12)18-15(19)14-10(17)4-3-5-13(14)21-2/h3-8H,17H2,1-2H3,(H,18,19). The molecule has 0 bridgehead atoms. The molecule has 3 N–H and O–H groups in total. The maximum absolute atomic E-state index is 12.4. The van der Waals surface area contributed by atoms with Crippen LogP contribution in [0.4, 0.5) is 11.4 Å². The van der Waals surface area contributed by atoms with Gasteiger partial charge in [0.25, 0.3) is 5.91 Å². The summed E-state index contributed by atoms with van der Waals surface area (Å²) in [6.07, 6.45) is 0. The SMILES string of the molecule is COc1ccc(Cl)cc1NC(=O)c1c(N)cccc1OC. The Labute approximate surface area is 127 Å². The third kappa shape index (κ3) is 3.20. The van der Waals surface area contributed by atoms with Gasteiger partial charge in [-0.2, -0.15) is 0 Å². The second kappa shape index (κ2) is 6.37. The van der Waals surface area contributed by atoms with Crippen molar-refractivity contribution in [1.82, 2.24) is 0 Å². The predicted octanol–water partition coefficient (Wildman–Crippen LogP) is 3.19. The van der Waals surface area contributed by atoms with E-state index in [9.17, 15) is 4.79 Å². The summed E-state index contributed by atoms with van der Waals surface area (Å²) in [6.45, 7) is 0. The number of benzene rings is 2. The second-order valence-electron chi connectivity index (χ2n) is 4.22. The molecule has 0 radical (unpaired) electrons. The fraction of sp³-hybridized carbons (Fsp3) is 0.133. The molecule has 0 heterocycles. The highest BCUT2D eigenvalue weighted by Crippen LogP contribution is 2.30. The molecule has 0 saturated carbocycles. The number of carbonyl (C=O) groups is 1. The van der Waals surface area contributed by atoms with Crippen LogP contribution in [0.15, 0.2) is 36.4 Å². The average Bonchev–Trinajstić information content (AvgIpc) is 2.47. The molecule has 2 aromatic rings. The van der Waals surface area contributed by atoms with Gasteiger partial charge in [-0.25, -0.2) is 0 Å². The number of halogens is 1. The first kappa shape index (κ1) is 15.0.